The van der Waals surface area contributed by atoms with Crippen LogP contribution < -0.4 is 9.80 Å². The van der Waals surface area contributed by atoms with Gasteiger partial charge >= 0.3 is 0 Å². The second kappa shape index (κ2) is 10.0. The average Bonchev–Trinajstić information content (AvgIpc) is 3.32. The fourth-order valence-corrected chi connectivity index (χ4v) is 4.59. The summed E-state index contributed by atoms with van der Waals surface area (Å²) in [5.41, 5.74) is 3.55. The fraction of sp³-hybridized carbons (Fsp3) is 0.348. The van der Waals surface area contributed by atoms with Gasteiger partial charge in [-0.05, 0) is 62.6 Å². The molecule has 0 bridgehead atoms. The molecule has 172 valence electrons. The highest BCUT2D eigenvalue weighted by molar-refractivity contribution is 7.99. The molecule has 1 amide bonds. The Morgan fingerprint density at radius 1 is 1.18 bits per heavy atom. The van der Waals surface area contributed by atoms with Crippen molar-refractivity contribution in [3.8, 4) is 11.5 Å². The predicted octanol–water partition coefficient (Wildman–Crippen LogP) is 4.56. The van der Waals surface area contributed by atoms with Crippen LogP contribution in [0.25, 0.3) is 11.5 Å². The molecule has 0 radical (unpaired) electrons. The van der Waals surface area contributed by atoms with Crippen LogP contribution >= 0.6 is 11.8 Å². The molecule has 1 aliphatic heterocycles. The Morgan fingerprint density at radius 3 is 2.64 bits per heavy atom. The number of nitro benzene ring substituents is 1. The second-order valence-corrected chi connectivity index (χ2v) is 8.53. The standard InChI is InChI=1S/C23H25N5O4S/c1-3-26(4-2)18-9-7-16(8-10-18)22-24-25-23(32-22)33-15-21(29)27-13-5-6-17-14-19(28(30)31)11-12-20(17)27/h7-12,14H,3-6,13,15H2,1-2H3. The van der Waals surface area contributed by atoms with Crippen molar-refractivity contribution >= 4 is 34.7 Å². The van der Waals surface area contributed by atoms with E-state index in [0.717, 1.165) is 42.0 Å². The maximum Gasteiger partial charge on any atom is 0.277 e. The van der Waals surface area contributed by atoms with Crippen LogP contribution in [0.4, 0.5) is 17.1 Å². The van der Waals surface area contributed by atoms with E-state index in [1.807, 2.05) is 24.3 Å². The first kappa shape index (κ1) is 22.8. The van der Waals surface area contributed by atoms with E-state index in [-0.39, 0.29) is 17.3 Å². The largest absolute Gasteiger partial charge is 0.411 e. The van der Waals surface area contributed by atoms with E-state index < -0.39 is 4.92 Å². The van der Waals surface area contributed by atoms with Gasteiger partial charge in [-0.25, -0.2) is 0 Å². The maximum atomic E-state index is 12.9. The van der Waals surface area contributed by atoms with Crippen LogP contribution in [-0.2, 0) is 11.2 Å². The number of anilines is 2. The minimum absolute atomic E-state index is 0.0425. The summed E-state index contributed by atoms with van der Waals surface area (Å²) >= 11 is 1.19. The predicted molar refractivity (Wildman–Crippen MR) is 128 cm³/mol. The van der Waals surface area contributed by atoms with Gasteiger partial charge in [0.05, 0.1) is 10.7 Å². The molecular formula is C23H25N5O4S. The zero-order valence-corrected chi connectivity index (χ0v) is 19.4. The SMILES string of the molecule is CCN(CC)c1ccc(-c2nnc(SCC(=O)N3CCCc4cc([N+](=O)[O-])ccc43)o2)cc1. The van der Waals surface area contributed by atoms with Crippen molar-refractivity contribution in [2.24, 2.45) is 0 Å². The highest BCUT2D eigenvalue weighted by Crippen LogP contribution is 2.32. The molecule has 0 saturated carbocycles. The summed E-state index contributed by atoms with van der Waals surface area (Å²) in [6, 6.07) is 12.6. The van der Waals surface area contributed by atoms with Gasteiger partial charge in [-0.1, -0.05) is 11.8 Å². The van der Waals surface area contributed by atoms with Gasteiger partial charge in [0.2, 0.25) is 11.8 Å². The summed E-state index contributed by atoms with van der Waals surface area (Å²) in [7, 11) is 0. The van der Waals surface area contributed by atoms with Gasteiger partial charge in [0.25, 0.3) is 10.9 Å². The molecule has 0 spiro atoms. The van der Waals surface area contributed by atoms with Crippen molar-refractivity contribution in [3.63, 3.8) is 0 Å². The van der Waals surface area contributed by atoms with E-state index in [4.69, 9.17) is 4.42 Å². The number of hydrogen-bond acceptors (Lipinski definition) is 8. The summed E-state index contributed by atoms with van der Waals surface area (Å²) in [5.74, 6) is 0.448. The molecule has 0 unspecified atom stereocenters. The Hall–Kier alpha value is -3.40. The molecule has 3 aromatic rings. The molecule has 0 aliphatic carbocycles. The van der Waals surface area contributed by atoms with Gasteiger partial charge in [-0.2, -0.15) is 0 Å². The van der Waals surface area contributed by atoms with Gasteiger partial charge in [0.1, 0.15) is 0 Å². The number of thioether (sulfide) groups is 1. The second-order valence-electron chi connectivity index (χ2n) is 7.60. The van der Waals surface area contributed by atoms with Crippen LogP contribution in [0, 0.1) is 10.1 Å². The Bertz CT molecular complexity index is 1140. The molecule has 1 aliphatic rings. The van der Waals surface area contributed by atoms with E-state index in [1.165, 1.54) is 17.8 Å². The summed E-state index contributed by atoms with van der Waals surface area (Å²) < 4.78 is 5.75. The molecule has 4 rings (SSSR count). The topological polar surface area (TPSA) is 106 Å². The maximum absolute atomic E-state index is 12.9. The van der Waals surface area contributed by atoms with E-state index >= 15 is 0 Å². The lowest BCUT2D eigenvalue weighted by atomic mass is 10.0. The third kappa shape index (κ3) is 5.00. The van der Waals surface area contributed by atoms with Gasteiger partial charge < -0.3 is 14.2 Å². The van der Waals surface area contributed by atoms with Crippen LogP contribution in [0.15, 0.2) is 52.1 Å². The zero-order valence-electron chi connectivity index (χ0n) is 18.6. The molecule has 33 heavy (non-hydrogen) atoms. The number of non-ortho nitro benzene ring substituents is 1. The van der Waals surface area contributed by atoms with E-state index in [9.17, 15) is 14.9 Å². The highest BCUT2D eigenvalue weighted by atomic mass is 32.2. The summed E-state index contributed by atoms with van der Waals surface area (Å²) in [6.45, 7) is 6.68. The first-order chi connectivity index (χ1) is 16.0. The zero-order chi connectivity index (χ0) is 23.4. The van der Waals surface area contributed by atoms with Crippen LogP contribution in [0.2, 0.25) is 0 Å². The number of nitrogens with zero attached hydrogens (tertiary/aromatic N) is 5. The number of benzene rings is 2. The first-order valence-electron chi connectivity index (χ1n) is 10.9. The summed E-state index contributed by atoms with van der Waals surface area (Å²) in [5, 5.41) is 19.5. The van der Waals surface area contributed by atoms with Crippen LogP contribution in [0.1, 0.15) is 25.8 Å². The van der Waals surface area contributed by atoms with Crippen molar-refractivity contribution < 1.29 is 14.1 Å². The van der Waals surface area contributed by atoms with Crippen molar-refractivity contribution in [1.29, 1.82) is 0 Å². The van der Waals surface area contributed by atoms with E-state index in [0.29, 0.717) is 24.1 Å². The van der Waals surface area contributed by atoms with E-state index in [2.05, 4.69) is 28.9 Å². The lowest BCUT2D eigenvalue weighted by molar-refractivity contribution is -0.384. The molecule has 10 heteroatoms. The smallest absolute Gasteiger partial charge is 0.277 e. The normalized spacial score (nSPS) is 13.0. The first-order valence-corrected chi connectivity index (χ1v) is 11.9. The Labute approximate surface area is 195 Å². The third-order valence-corrected chi connectivity index (χ3v) is 6.47. The molecular weight excluding hydrogens is 442 g/mol. The molecule has 9 nitrogen and oxygen atoms in total. The van der Waals surface area contributed by atoms with Crippen molar-refractivity contribution in [2.75, 3.05) is 35.2 Å². The molecule has 2 heterocycles. The minimum atomic E-state index is -0.415. The highest BCUT2D eigenvalue weighted by Gasteiger charge is 2.25. The molecule has 0 fully saturated rings. The Morgan fingerprint density at radius 2 is 1.94 bits per heavy atom. The minimum Gasteiger partial charge on any atom is -0.411 e. The number of carbonyl (C=O) groups excluding carboxylic acids is 1. The molecule has 0 atom stereocenters. The van der Waals surface area contributed by atoms with Crippen molar-refractivity contribution in [3.05, 3.63) is 58.1 Å². The van der Waals surface area contributed by atoms with Gasteiger partial charge in [-0.15, -0.1) is 10.2 Å². The summed E-state index contributed by atoms with van der Waals surface area (Å²) in [6.07, 6.45) is 1.48. The summed E-state index contributed by atoms with van der Waals surface area (Å²) in [4.78, 5) is 27.4. The molecule has 2 aromatic carbocycles. The number of hydrogen-bond donors (Lipinski definition) is 0. The number of nitro groups is 1. The van der Waals surface area contributed by atoms with Crippen molar-refractivity contribution in [1.82, 2.24) is 10.2 Å². The van der Waals surface area contributed by atoms with Crippen LogP contribution in [0.3, 0.4) is 0 Å². The lowest BCUT2D eigenvalue weighted by Gasteiger charge is -2.29. The average molecular weight is 468 g/mol. The number of rotatable bonds is 8. The van der Waals surface area contributed by atoms with E-state index in [1.54, 1.807) is 17.0 Å². The third-order valence-electron chi connectivity index (χ3n) is 5.66. The van der Waals surface area contributed by atoms with Crippen LogP contribution in [-0.4, -0.2) is 46.4 Å². The molecule has 0 saturated heterocycles. The number of carbonyl (C=O) groups is 1. The monoisotopic (exact) mass is 467 g/mol. The van der Waals surface area contributed by atoms with Crippen LogP contribution in [0.5, 0.6) is 0 Å². The van der Waals surface area contributed by atoms with Gasteiger partial charge in [0.15, 0.2) is 0 Å². The Balaban J connectivity index is 1.40. The fourth-order valence-electron chi connectivity index (χ4n) is 3.95. The van der Waals surface area contributed by atoms with Crippen molar-refractivity contribution in [2.45, 2.75) is 31.9 Å². The lowest BCUT2D eigenvalue weighted by Crippen LogP contribution is -2.36. The number of amides is 1. The number of aromatic nitrogens is 2. The Kier molecular flexibility index (Phi) is 6.93. The quantitative estimate of drug-likeness (QED) is 0.270. The van der Waals surface area contributed by atoms with Gasteiger partial charge in [0, 0.05) is 48.7 Å². The number of aryl methyl sites for hydroxylation is 1. The number of fused-ring (bicyclic) bond motifs is 1. The molecule has 1 aromatic heterocycles. The molecule has 0 N–H and O–H groups in total. The van der Waals surface area contributed by atoms with Gasteiger partial charge in [-0.3, -0.25) is 14.9 Å².